The summed E-state index contributed by atoms with van der Waals surface area (Å²) >= 11 is 0. The lowest BCUT2D eigenvalue weighted by atomic mass is 10.1. The van der Waals surface area contributed by atoms with E-state index in [1.54, 1.807) is 21.3 Å². The third-order valence-electron chi connectivity index (χ3n) is 3.91. The van der Waals surface area contributed by atoms with Gasteiger partial charge in [0.2, 0.25) is 0 Å². The lowest BCUT2D eigenvalue weighted by Crippen LogP contribution is -2.42. The number of ether oxygens (including phenoxy) is 3. The molecule has 6 heteroatoms. The van der Waals surface area contributed by atoms with Crippen LogP contribution >= 0.6 is 0 Å². The highest BCUT2D eigenvalue weighted by molar-refractivity contribution is 5.80. The van der Waals surface area contributed by atoms with Gasteiger partial charge in [0.05, 0.1) is 33.4 Å². The number of hydrogen-bond acceptors (Lipinski definition) is 4. The average molecular weight is 333 g/mol. The number of nitrogens with zero attached hydrogens (tertiary/aromatic N) is 1. The zero-order valence-electron chi connectivity index (χ0n) is 14.9. The molecule has 0 atom stereocenters. The van der Waals surface area contributed by atoms with E-state index in [4.69, 9.17) is 14.2 Å². The minimum atomic E-state index is 0.405. The molecule has 0 fully saturated rings. The van der Waals surface area contributed by atoms with E-state index in [1.165, 1.54) is 0 Å². The van der Waals surface area contributed by atoms with Crippen molar-refractivity contribution in [2.24, 2.45) is 4.99 Å². The Balaban J connectivity index is 2.19. The Bertz CT molecular complexity index is 566. The summed E-state index contributed by atoms with van der Waals surface area (Å²) in [6.45, 7) is 3.31. The maximum absolute atomic E-state index is 5.48. The van der Waals surface area contributed by atoms with Gasteiger partial charge in [0.15, 0.2) is 5.96 Å². The molecule has 1 aliphatic carbocycles. The second-order valence-electron chi connectivity index (χ2n) is 5.49. The summed E-state index contributed by atoms with van der Waals surface area (Å²) in [6.07, 6.45) is 6.44. The molecule has 0 spiro atoms. The van der Waals surface area contributed by atoms with Gasteiger partial charge in [-0.3, -0.25) is 0 Å². The first-order valence-corrected chi connectivity index (χ1v) is 8.20. The molecule has 0 heterocycles. The molecule has 132 valence electrons. The molecular formula is C18H27N3O3. The Morgan fingerprint density at radius 1 is 1.08 bits per heavy atom. The largest absolute Gasteiger partial charge is 0.496 e. The lowest BCUT2D eigenvalue weighted by molar-refractivity contribution is 0.369. The van der Waals surface area contributed by atoms with E-state index in [1.807, 2.05) is 12.1 Å². The number of nitrogens with one attached hydrogen (secondary N) is 2. The molecule has 0 bridgehead atoms. The number of benzene rings is 1. The van der Waals surface area contributed by atoms with Gasteiger partial charge in [-0.05, 0) is 19.8 Å². The Labute approximate surface area is 143 Å². The maximum Gasteiger partial charge on any atom is 0.191 e. The van der Waals surface area contributed by atoms with Crippen molar-refractivity contribution >= 4 is 5.96 Å². The maximum atomic E-state index is 5.48. The van der Waals surface area contributed by atoms with Gasteiger partial charge < -0.3 is 24.8 Å². The van der Waals surface area contributed by atoms with Gasteiger partial charge in [0.1, 0.15) is 17.2 Å². The zero-order chi connectivity index (χ0) is 17.4. The monoisotopic (exact) mass is 333 g/mol. The lowest BCUT2D eigenvalue weighted by Gasteiger charge is -2.18. The van der Waals surface area contributed by atoms with Crippen molar-refractivity contribution in [1.82, 2.24) is 10.6 Å². The van der Waals surface area contributed by atoms with Crippen LogP contribution in [0.4, 0.5) is 0 Å². The topological polar surface area (TPSA) is 64.1 Å². The third kappa shape index (κ3) is 4.57. The van der Waals surface area contributed by atoms with Crippen LogP contribution in [0.3, 0.4) is 0 Å². The number of hydrogen-bond donors (Lipinski definition) is 2. The highest BCUT2D eigenvalue weighted by Crippen LogP contribution is 2.34. The smallest absolute Gasteiger partial charge is 0.191 e. The van der Waals surface area contributed by atoms with Gasteiger partial charge in [-0.2, -0.15) is 0 Å². The number of guanidine groups is 1. The molecule has 0 unspecified atom stereocenters. The van der Waals surface area contributed by atoms with Crippen LogP contribution in [-0.4, -0.2) is 39.9 Å². The fourth-order valence-corrected chi connectivity index (χ4v) is 2.64. The molecule has 1 aliphatic rings. The van der Waals surface area contributed by atoms with Crippen molar-refractivity contribution in [2.45, 2.75) is 32.4 Å². The van der Waals surface area contributed by atoms with Crippen LogP contribution in [0, 0.1) is 0 Å². The average Bonchev–Trinajstić information content (AvgIpc) is 3.12. The van der Waals surface area contributed by atoms with Gasteiger partial charge in [-0.15, -0.1) is 0 Å². The highest BCUT2D eigenvalue weighted by Gasteiger charge is 2.15. The summed E-state index contributed by atoms with van der Waals surface area (Å²) in [5.41, 5.74) is 0.891. The molecule has 0 aliphatic heterocycles. The van der Waals surface area contributed by atoms with Crippen molar-refractivity contribution in [3.63, 3.8) is 0 Å². The van der Waals surface area contributed by atoms with Crippen molar-refractivity contribution in [1.29, 1.82) is 0 Å². The number of rotatable bonds is 7. The molecule has 0 radical (unpaired) electrons. The molecular weight excluding hydrogens is 306 g/mol. The fraction of sp³-hybridized carbons (Fsp3) is 0.500. The van der Waals surface area contributed by atoms with E-state index in [0.717, 1.165) is 30.9 Å². The fourth-order valence-electron chi connectivity index (χ4n) is 2.64. The van der Waals surface area contributed by atoms with Crippen LogP contribution in [0.5, 0.6) is 17.2 Å². The molecule has 24 heavy (non-hydrogen) atoms. The van der Waals surface area contributed by atoms with Crippen LogP contribution in [0.2, 0.25) is 0 Å². The quantitative estimate of drug-likeness (QED) is 0.456. The molecule has 0 saturated heterocycles. The van der Waals surface area contributed by atoms with Crippen LogP contribution in [0.1, 0.15) is 25.3 Å². The first-order valence-electron chi connectivity index (χ1n) is 8.20. The summed E-state index contributed by atoms with van der Waals surface area (Å²) in [6, 6.07) is 4.09. The van der Waals surface area contributed by atoms with Crippen LogP contribution < -0.4 is 24.8 Å². The number of aliphatic imine (C=N–C) groups is 1. The van der Waals surface area contributed by atoms with E-state index in [2.05, 4.69) is 34.7 Å². The van der Waals surface area contributed by atoms with E-state index < -0.39 is 0 Å². The van der Waals surface area contributed by atoms with Crippen LogP contribution in [0.15, 0.2) is 29.3 Å². The summed E-state index contributed by atoms with van der Waals surface area (Å²) in [4.78, 5) is 4.69. The van der Waals surface area contributed by atoms with E-state index in [0.29, 0.717) is 29.8 Å². The van der Waals surface area contributed by atoms with Gasteiger partial charge in [0.25, 0.3) is 0 Å². The van der Waals surface area contributed by atoms with E-state index >= 15 is 0 Å². The summed E-state index contributed by atoms with van der Waals surface area (Å²) in [5, 5.41) is 6.74. The van der Waals surface area contributed by atoms with Gasteiger partial charge in [-0.25, -0.2) is 4.99 Å². The van der Waals surface area contributed by atoms with Crippen molar-refractivity contribution in [3.8, 4) is 17.2 Å². The SMILES string of the molecule is CCNC(=NCc1c(OC)cc(OC)cc1OC)NC1CC=CC1. The van der Waals surface area contributed by atoms with E-state index in [-0.39, 0.29) is 0 Å². The Morgan fingerprint density at radius 3 is 2.21 bits per heavy atom. The van der Waals surface area contributed by atoms with Gasteiger partial charge >= 0.3 is 0 Å². The zero-order valence-corrected chi connectivity index (χ0v) is 14.9. The summed E-state index contributed by atoms with van der Waals surface area (Å²) < 4.78 is 16.2. The molecule has 2 N–H and O–H groups in total. The van der Waals surface area contributed by atoms with Crippen LogP contribution in [0.25, 0.3) is 0 Å². The minimum absolute atomic E-state index is 0.405. The Kier molecular flexibility index (Phi) is 6.78. The molecule has 1 aromatic rings. The second kappa shape index (κ2) is 9.05. The van der Waals surface area contributed by atoms with Gasteiger partial charge in [0, 0.05) is 24.7 Å². The predicted octanol–water partition coefficient (Wildman–Crippen LogP) is 2.49. The van der Waals surface area contributed by atoms with Crippen molar-refractivity contribution in [3.05, 3.63) is 29.8 Å². The molecule has 0 amide bonds. The summed E-state index contributed by atoms with van der Waals surface area (Å²) in [5.74, 6) is 2.89. The van der Waals surface area contributed by atoms with Crippen LogP contribution in [-0.2, 0) is 6.54 Å². The van der Waals surface area contributed by atoms with Gasteiger partial charge in [-0.1, -0.05) is 12.2 Å². The molecule has 1 aromatic carbocycles. The molecule has 2 rings (SSSR count). The minimum Gasteiger partial charge on any atom is -0.496 e. The normalized spacial score (nSPS) is 14.6. The molecule has 0 saturated carbocycles. The third-order valence-corrected chi connectivity index (χ3v) is 3.91. The molecule has 0 aromatic heterocycles. The highest BCUT2D eigenvalue weighted by atomic mass is 16.5. The first-order chi connectivity index (χ1) is 11.7. The Morgan fingerprint density at radius 2 is 1.71 bits per heavy atom. The second-order valence-corrected chi connectivity index (χ2v) is 5.49. The molecule has 6 nitrogen and oxygen atoms in total. The van der Waals surface area contributed by atoms with Crippen molar-refractivity contribution < 1.29 is 14.2 Å². The predicted molar refractivity (Wildman–Crippen MR) is 96.2 cm³/mol. The summed E-state index contributed by atoms with van der Waals surface area (Å²) in [7, 11) is 4.89. The first kappa shape index (κ1) is 18.0. The van der Waals surface area contributed by atoms with Crippen molar-refractivity contribution in [2.75, 3.05) is 27.9 Å². The number of methoxy groups -OCH3 is 3. The van der Waals surface area contributed by atoms with E-state index in [9.17, 15) is 0 Å². The standard InChI is InChI=1S/C18H27N3O3/c1-5-19-18(21-13-8-6-7-9-13)20-12-15-16(23-3)10-14(22-2)11-17(15)24-4/h6-7,10-11,13H,5,8-9,12H2,1-4H3,(H2,19,20,21). The Hall–Kier alpha value is -2.37.